The number of sulfonamides is 1. The fourth-order valence-electron chi connectivity index (χ4n) is 1.10. The molecule has 0 aliphatic rings. The second kappa shape index (κ2) is 4.75. The van der Waals surface area contributed by atoms with Crippen LogP contribution in [-0.2, 0) is 10.0 Å². The Morgan fingerprint density at radius 1 is 1.53 bits per heavy atom. The molecule has 1 aromatic rings. The minimum absolute atomic E-state index is 0.0143. The van der Waals surface area contributed by atoms with Crippen LogP contribution in [0.3, 0.4) is 0 Å². The number of nitriles is 1. The molecule has 2 N–H and O–H groups in total. The quantitative estimate of drug-likeness (QED) is 0.851. The number of hydrogen-bond acceptors (Lipinski definition) is 4. The fraction of sp³-hybridized carbons (Fsp3) is 0.600. The molecule has 6 nitrogen and oxygen atoms in total. The van der Waals surface area contributed by atoms with Gasteiger partial charge in [-0.15, -0.1) is 0 Å². The van der Waals surface area contributed by atoms with Gasteiger partial charge in [0.2, 0.25) is 10.0 Å². The number of rotatable bonds is 4. The Hall–Kier alpha value is -1.55. The molecule has 1 rings (SSSR count). The molecule has 17 heavy (non-hydrogen) atoms. The lowest BCUT2D eigenvalue weighted by Crippen LogP contribution is -2.21. The Labute approximate surface area is 101 Å². The topological polar surface area (TPSA) is 98.6 Å². The molecule has 0 aliphatic carbocycles. The van der Waals surface area contributed by atoms with Crippen molar-refractivity contribution >= 4 is 15.8 Å². The van der Waals surface area contributed by atoms with E-state index in [4.69, 9.17) is 5.26 Å². The number of H-pyrrole nitrogens is 1. The number of nitrogens with one attached hydrogen (secondary N) is 2. The molecule has 0 aliphatic heterocycles. The van der Waals surface area contributed by atoms with Gasteiger partial charge in [-0.25, -0.2) is 8.42 Å². The highest BCUT2D eigenvalue weighted by Gasteiger charge is 2.19. The maximum atomic E-state index is 11.7. The normalized spacial score (nSPS) is 12.1. The summed E-state index contributed by atoms with van der Waals surface area (Å²) in [6, 6.07) is 1.85. The lowest BCUT2D eigenvalue weighted by atomic mass is 9.94. The Morgan fingerprint density at radius 3 is 2.71 bits per heavy atom. The van der Waals surface area contributed by atoms with E-state index in [0.717, 1.165) is 0 Å². The first-order valence-corrected chi connectivity index (χ1v) is 6.83. The van der Waals surface area contributed by atoms with Crippen LogP contribution in [0.2, 0.25) is 0 Å². The Kier molecular flexibility index (Phi) is 3.78. The van der Waals surface area contributed by atoms with Crippen LogP contribution in [0, 0.1) is 16.7 Å². The summed E-state index contributed by atoms with van der Waals surface area (Å²) in [5, 5.41) is 14.8. The van der Waals surface area contributed by atoms with E-state index in [1.807, 2.05) is 26.8 Å². The summed E-state index contributed by atoms with van der Waals surface area (Å²) in [6.07, 6.45) is 1.82. The van der Waals surface area contributed by atoms with Crippen molar-refractivity contribution < 1.29 is 8.42 Å². The third-order valence-electron chi connectivity index (χ3n) is 2.14. The smallest absolute Gasteiger partial charge is 0.233 e. The van der Waals surface area contributed by atoms with Crippen LogP contribution >= 0.6 is 0 Å². The maximum Gasteiger partial charge on any atom is 0.233 e. The van der Waals surface area contributed by atoms with Crippen molar-refractivity contribution in [3.8, 4) is 6.07 Å². The zero-order valence-electron chi connectivity index (χ0n) is 10.1. The summed E-state index contributed by atoms with van der Waals surface area (Å²) in [5.74, 6) is 0.141. The molecule has 0 aromatic carbocycles. The van der Waals surface area contributed by atoms with E-state index < -0.39 is 10.0 Å². The number of hydrogen-bond donors (Lipinski definition) is 2. The summed E-state index contributed by atoms with van der Waals surface area (Å²) in [6.45, 7) is 5.91. The third kappa shape index (κ3) is 4.44. The van der Waals surface area contributed by atoms with E-state index in [0.29, 0.717) is 6.42 Å². The van der Waals surface area contributed by atoms with E-state index >= 15 is 0 Å². The van der Waals surface area contributed by atoms with Gasteiger partial charge in [-0.3, -0.25) is 9.82 Å². The van der Waals surface area contributed by atoms with Gasteiger partial charge < -0.3 is 0 Å². The van der Waals surface area contributed by atoms with E-state index in [1.165, 1.54) is 6.20 Å². The van der Waals surface area contributed by atoms with Gasteiger partial charge in [0.05, 0.1) is 11.9 Å². The molecule has 0 radical (unpaired) electrons. The highest BCUT2D eigenvalue weighted by molar-refractivity contribution is 7.92. The molecule has 1 aromatic heterocycles. The average molecular weight is 256 g/mol. The second-order valence-electron chi connectivity index (χ2n) is 5.00. The monoisotopic (exact) mass is 256 g/mol. The molecule has 0 saturated heterocycles. The van der Waals surface area contributed by atoms with Crippen LogP contribution in [0.15, 0.2) is 6.20 Å². The minimum atomic E-state index is -3.44. The van der Waals surface area contributed by atoms with Crippen molar-refractivity contribution in [3.05, 3.63) is 11.8 Å². The largest absolute Gasteiger partial charge is 0.267 e. The molecule has 1 heterocycles. The van der Waals surface area contributed by atoms with Crippen LogP contribution in [-0.4, -0.2) is 24.4 Å². The Balaban J connectivity index is 2.72. The van der Waals surface area contributed by atoms with E-state index in [1.54, 1.807) is 0 Å². The van der Waals surface area contributed by atoms with Gasteiger partial charge in [0.1, 0.15) is 11.6 Å². The molecular formula is C10H16N4O2S. The van der Waals surface area contributed by atoms with E-state index in [2.05, 4.69) is 14.9 Å². The van der Waals surface area contributed by atoms with Crippen LogP contribution in [0.25, 0.3) is 0 Å². The van der Waals surface area contributed by atoms with E-state index in [9.17, 15) is 8.42 Å². The van der Waals surface area contributed by atoms with Crippen molar-refractivity contribution in [1.82, 2.24) is 10.2 Å². The first-order chi connectivity index (χ1) is 7.73. The average Bonchev–Trinajstić information content (AvgIpc) is 2.61. The lowest BCUT2D eigenvalue weighted by Gasteiger charge is -2.17. The Morgan fingerprint density at radius 2 is 2.18 bits per heavy atom. The molecule has 0 saturated carbocycles. The van der Waals surface area contributed by atoms with Crippen molar-refractivity contribution in [2.45, 2.75) is 27.2 Å². The number of aromatic amines is 1. The molecule has 0 spiro atoms. The zero-order chi connectivity index (χ0) is 13.1. The lowest BCUT2D eigenvalue weighted by molar-refractivity contribution is 0.397. The van der Waals surface area contributed by atoms with Crippen molar-refractivity contribution in [1.29, 1.82) is 5.26 Å². The van der Waals surface area contributed by atoms with Gasteiger partial charge in [0.25, 0.3) is 0 Å². The van der Waals surface area contributed by atoms with Gasteiger partial charge in [-0.2, -0.15) is 10.4 Å². The number of nitrogens with zero attached hydrogens (tertiary/aromatic N) is 2. The van der Waals surface area contributed by atoms with E-state index in [-0.39, 0.29) is 22.5 Å². The highest BCUT2D eigenvalue weighted by atomic mass is 32.2. The SMILES string of the molecule is CC(C)(C)CCS(=O)(=O)Nc1[nH]ncc1C#N. The van der Waals surface area contributed by atoms with Gasteiger partial charge in [0.15, 0.2) is 5.82 Å². The minimum Gasteiger partial charge on any atom is -0.267 e. The highest BCUT2D eigenvalue weighted by Crippen LogP contribution is 2.20. The van der Waals surface area contributed by atoms with Crippen LogP contribution < -0.4 is 4.72 Å². The molecule has 0 unspecified atom stereocenters. The predicted molar refractivity (Wildman–Crippen MR) is 64.8 cm³/mol. The van der Waals surface area contributed by atoms with Crippen molar-refractivity contribution in [2.75, 3.05) is 10.5 Å². The molecular weight excluding hydrogens is 240 g/mol. The van der Waals surface area contributed by atoms with Gasteiger partial charge in [0, 0.05) is 0 Å². The van der Waals surface area contributed by atoms with Gasteiger partial charge >= 0.3 is 0 Å². The first kappa shape index (κ1) is 13.5. The standard InChI is InChI=1S/C10H16N4O2S/c1-10(2,3)4-5-17(15,16)14-9-8(6-11)7-12-13-9/h7H,4-5H2,1-3H3,(H2,12,13,14). The predicted octanol–water partition coefficient (Wildman–Crippen LogP) is 1.46. The number of aromatic nitrogens is 2. The third-order valence-corrected chi connectivity index (χ3v) is 3.39. The van der Waals surface area contributed by atoms with Crippen LogP contribution in [0.4, 0.5) is 5.82 Å². The van der Waals surface area contributed by atoms with Crippen molar-refractivity contribution in [3.63, 3.8) is 0 Å². The first-order valence-electron chi connectivity index (χ1n) is 5.17. The summed E-state index contributed by atoms with van der Waals surface area (Å²) in [4.78, 5) is 0. The summed E-state index contributed by atoms with van der Waals surface area (Å²) in [7, 11) is -3.44. The van der Waals surface area contributed by atoms with Crippen LogP contribution in [0.1, 0.15) is 32.8 Å². The molecule has 0 atom stereocenters. The van der Waals surface area contributed by atoms with Crippen molar-refractivity contribution in [2.24, 2.45) is 5.41 Å². The fourth-order valence-corrected chi connectivity index (χ4v) is 2.55. The summed E-state index contributed by atoms with van der Waals surface area (Å²) >= 11 is 0. The molecule has 0 fully saturated rings. The Bertz CT molecular complexity index is 519. The zero-order valence-corrected chi connectivity index (χ0v) is 10.9. The summed E-state index contributed by atoms with van der Waals surface area (Å²) < 4.78 is 25.8. The van der Waals surface area contributed by atoms with Gasteiger partial charge in [-0.05, 0) is 11.8 Å². The van der Waals surface area contributed by atoms with Crippen LogP contribution in [0.5, 0.6) is 0 Å². The maximum absolute atomic E-state index is 11.7. The van der Waals surface area contributed by atoms with Gasteiger partial charge in [-0.1, -0.05) is 20.8 Å². The molecule has 7 heteroatoms. The molecule has 0 bridgehead atoms. The summed E-state index contributed by atoms with van der Waals surface area (Å²) in [5.41, 5.74) is 0.130. The second-order valence-corrected chi connectivity index (χ2v) is 6.84. The molecule has 94 valence electrons. The molecule has 0 amide bonds. The number of anilines is 1.